The van der Waals surface area contributed by atoms with Crippen LogP contribution in [0.5, 0.6) is 0 Å². The number of nitrogens with zero attached hydrogens (tertiary/aromatic N) is 2. The maximum Gasteiger partial charge on any atom is 0.0641 e. The van der Waals surface area contributed by atoms with Crippen LogP contribution in [0.1, 0.15) is 43.6 Å². The quantitative estimate of drug-likeness (QED) is 0.888. The molecular formula is C15H27N3O. The van der Waals surface area contributed by atoms with Gasteiger partial charge in [-0.25, -0.2) is 0 Å². The molecule has 0 bridgehead atoms. The Balaban J connectivity index is 2.02. The summed E-state index contributed by atoms with van der Waals surface area (Å²) in [5.74, 6) is 0.720. The van der Waals surface area contributed by atoms with E-state index >= 15 is 0 Å². The van der Waals surface area contributed by atoms with Gasteiger partial charge in [0.2, 0.25) is 0 Å². The maximum absolute atomic E-state index is 5.42. The van der Waals surface area contributed by atoms with E-state index in [2.05, 4.69) is 37.7 Å². The van der Waals surface area contributed by atoms with E-state index in [1.807, 2.05) is 0 Å². The first-order valence-electron chi connectivity index (χ1n) is 7.42. The van der Waals surface area contributed by atoms with Crippen molar-refractivity contribution in [2.75, 3.05) is 13.2 Å². The molecule has 2 heterocycles. The molecule has 1 aromatic rings. The molecule has 19 heavy (non-hydrogen) atoms. The number of aromatic nitrogens is 2. The van der Waals surface area contributed by atoms with Crippen LogP contribution in [0.15, 0.2) is 0 Å². The molecule has 1 N–H and O–H groups in total. The summed E-state index contributed by atoms with van der Waals surface area (Å²) in [7, 11) is 0. The highest BCUT2D eigenvalue weighted by Crippen LogP contribution is 2.20. The zero-order valence-electron chi connectivity index (χ0n) is 12.7. The molecule has 1 fully saturated rings. The van der Waals surface area contributed by atoms with Gasteiger partial charge in [-0.05, 0) is 32.6 Å². The molecule has 1 saturated heterocycles. The van der Waals surface area contributed by atoms with Crippen LogP contribution >= 0.6 is 0 Å². The molecule has 0 aromatic carbocycles. The van der Waals surface area contributed by atoms with Gasteiger partial charge in [-0.2, -0.15) is 5.10 Å². The second-order valence-electron chi connectivity index (χ2n) is 5.92. The highest BCUT2D eigenvalue weighted by atomic mass is 16.5. The van der Waals surface area contributed by atoms with Crippen molar-refractivity contribution in [3.63, 3.8) is 0 Å². The molecule has 0 spiro atoms. The average Bonchev–Trinajstić information content (AvgIpc) is 2.63. The fourth-order valence-electron chi connectivity index (χ4n) is 2.65. The van der Waals surface area contributed by atoms with Crippen molar-refractivity contribution in [1.29, 1.82) is 0 Å². The third-order valence-corrected chi connectivity index (χ3v) is 3.99. The summed E-state index contributed by atoms with van der Waals surface area (Å²) in [6, 6.07) is 0.512. The van der Waals surface area contributed by atoms with E-state index in [-0.39, 0.29) is 0 Å². The summed E-state index contributed by atoms with van der Waals surface area (Å²) in [4.78, 5) is 0. The Labute approximate surface area is 116 Å². The van der Waals surface area contributed by atoms with E-state index in [1.165, 1.54) is 11.3 Å². The van der Waals surface area contributed by atoms with Crippen molar-refractivity contribution < 1.29 is 4.74 Å². The van der Waals surface area contributed by atoms with Gasteiger partial charge in [-0.1, -0.05) is 13.8 Å². The lowest BCUT2D eigenvalue weighted by Gasteiger charge is -2.22. The van der Waals surface area contributed by atoms with E-state index in [0.717, 1.165) is 50.8 Å². The molecule has 1 aliphatic heterocycles. The molecule has 0 atom stereocenters. The Morgan fingerprint density at radius 3 is 2.63 bits per heavy atom. The Kier molecular flexibility index (Phi) is 4.99. The third kappa shape index (κ3) is 3.80. The second kappa shape index (κ2) is 6.53. The third-order valence-electron chi connectivity index (χ3n) is 3.99. The fraction of sp³-hybridized carbons (Fsp3) is 0.800. The SMILES string of the molecule is Cc1nn(CC2CCOCC2)c(C)c1CNC(C)C. The predicted molar refractivity (Wildman–Crippen MR) is 77.2 cm³/mol. The molecule has 0 unspecified atom stereocenters. The minimum Gasteiger partial charge on any atom is -0.381 e. The zero-order chi connectivity index (χ0) is 13.8. The second-order valence-corrected chi connectivity index (χ2v) is 5.92. The maximum atomic E-state index is 5.42. The van der Waals surface area contributed by atoms with Gasteiger partial charge in [0.15, 0.2) is 0 Å². The first-order valence-corrected chi connectivity index (χ1v) is 7.42. The normalized spacial score (nSPS) is 17.3. The summed E-state index contributed by atoms with van der Waals surface area (Å²) >= 11 is 0. The van der Waals surface area contributed by atoms with E-state index < -0.39 is 0 Å². The molecular weight excluding hydrogens is 238 g/mol. The lowest BCUT2D eigenvalue weighted by atomic mass is 10.0. The summed E-state index contributed by atoms with van der Waals surface area (Å²) in [6.07, 6.45) is 2.33. The van der Waals surface area contributed by atoms with Crippen molar-refractivity contribution in [2.45, 2.75) is 59.7 Å². The average molecular weight is 265 g/mol. The molecule has 108 valence electrons. The summed E-state index contributed by atoms with van der Waals surface area (Å²) in [5, 5.41) is 8.21. The molecule has 0 radical (unpaired) electrons. The molecule has 4 nitrogen and oxygen atoms in total. The molecule has 0 amide bonds. The molecule has 1 aromatic heterocycles. The van der Waals surface area contributed by atoms with Crippen LogP contribution in [0, 0.1) is 19.8 Å². The molecule has 1 aliphatic rings. The Morgan fingerprint density at radius 1 is 1.32 bits per heavy atom. The van der Waals surface area contributed by atoms with Crippen molar-refractivity contribution in [2.24, 2.45) is 5.92 Å². The number of nitrogens with one attached hydrogen (secondary N) is 1. The van der Waals surface area contributed by atoms with Crippen LogP contribution in [0.25, 0.3) is 0 Å². The Hall–Kier alpha value is -0.870. The van der Waals surface area contributed by atoms with Gasteiger partial charge in [0.05, 0.1) is 5.69 Å². The van der Waals surface area contributed by atoms with Crippen LogP contribution < -0.4 is 5.32 Å². The topological polar surface area (TPSA) is 39.1 Å². The number of ether oxygens (including phenoxy) is 1. The summed E-state index contributed by atoms with van der Waals surface area (Å²) in [6.45, 7) is 12.4. The first-order chi connectivity index (χ1) is 9.08. The minimum atomic E-state index is 0.512. The number of hydrogen-bond donors (Lipinski definition) is 1. The van der Waals surface area contributed by atoms with Gasteiger partial charge in [-0.3, -0.25) is 4.68 Å². The van der Waals surface area contributed by atoms with Gasteiger partial charge < -0.3 is 10.1 Å². The molecule has 0 saturated carbocycles. The first kappa shape index (κ1) is 14.5. The monoisotopic (exact) mass is 265 g/mol. The van der Waals surface area contributed by atoms with Gasteiger partial charge in [-0.15, -0.1) is 0 Å². The summed E-state index contributed by atoms with van der Waals surface area (Å²) in [5.41, 5.74) is 3.84. The highest BCUT2D eigenvalue weighted by Gasteiger charge is 2.18. The van der Waals surface area contributed by atoms with Gasteiger partial charge in [0.1, 0.15) is 0 Å². The smallest absolute Gasteiger partial charge is 0.0641 e. The van der Waals surface area contributed by atoms with Crippen molar-refractivity contribution in [3.8, 4) is 0 Å². The fourth-order valence-corrected chi connectivity index (χ4v) is 2.65. The number of hydrogen-bond acceptors (Lipinski definition) is 3. The Morgan fingerprint density at radius 2 is 2.00 bits per heavy atom. The van der Waals surface area contributed by atoms with Crippen LogP contribution in [0.3, 0.4) is 0 Å². The summed E-state index contributed by atoms with van der Waals surface area (Å²) < 4.78 is 7.62. The highest BCUT2D eigenvalue weighted by molar-refractivity contribution is 5.24. The number of rotatable bonds is 5. The molecule has 4 heteroatoms. The van der Waals surface area contributed by atoms with E-state index in [1.54, 1.807) is 0 Å². The van der Waals surface area contributed by atoms with Crippen LogP contribution in [0.4, 0.5) is 0 Å². The molecule has 2 rings (SSSR count). The zero-order valence-corrected chi connectivity index (χ0v) is 12.7. The van der Waals surface area contributed by atoms with Crippen LogP contribution in [-0.4, -0.2) is 29.0 Å². The molecule has 0 aliphatic carbocycles. The van der Waals surface area contributed by atoms with Crippen molar-refractivity contribution >= 4 is 0 Å². The number of aryl methyl sites for hydroxylation is 1. The predicted octanol–water partition coefficient (Wildman–Crippen LogP) is 2.42. The largest absolute Gasteiger partial charge is 0.381 e. The van der Waals surface area contributed by atoms with Crippen LogP contribution in [-0.2, 0) is 17.8 Å². The van der Waals surface area contributed by atoms with E-state index in [4.69, 9.17) is 9.84 Å². The van der Waals surface area contributed by atoms with Crippen molar-refractivity contribution in [3.05, 3.63) is 17.0 Å². The van der Waals surface area contributed by atoms with Gasteiger partial charge in [0, 0.05) is 43.6 Å². The van der Waals surface area contributed by atoms with Gasteiger partial charge in [0.25, 0.3) is 0 Å². The standard InChI is InChI=1S/C15H27N3O/c1-11(2)16-9-15-12(3)17-18(13(15)4)10-14-5-7-19-8-6-14/h11,14,16H,5-10H2,1-4H3. The minimum absolute atomic E-state index is 0.512. The lowest BCUT2D eigenvalue weighted by Crippen LogP contribution is -2.23. The van der Waals surface area contributed by atoms with Gasteiger partial charge >= 0.3 is 0 Å². The van der Waals surface area contributed by atoms with Crippen molar-refractivity contribution in [1.82, 2.24) is 15.1 Å². The van der Waals surface area contributed by atoms with E-state index in [9.17, 15) is 0 Å². The van der Waals surface area contributed by atoms with E-state index in [0.29, 0.717) is 6.04 Å². The lowest BCUT2D eigenvalue weighted by molar-refractivity contribution is 0.0599. The van der Waals surface area contributed by atoms with Crippen LogP contribution in [0.2, 0.25) is 0 Å². The Bertz CT molecular complexity index is 406.